The second-order valence-electron chi connectivity index (χ2n) is 3.07. The van der Waals surface area contributed by atoms with Crippen LogP contribution in [-0.2, 0) is 0 Å². The number of H-pyrrole nitrogens is 1. The average molecular weight is 207 g/mol. The third kappa shape index (κ3) is 1.72. The summed E-state index contributed by atoms with van der Waals surface area (Å²) in [4.78, 5) is 8.51. The number of hydrogen-bond acceptors (Lipinski definition) is 4. The Morgan fingerprint density at radius 2 is 1.86 bits per heavy atom. The lowest BCUT2D eigenvalue weighted by molar-refractivity contribution is 0.406. The molecule has 0 bridgehead atoms. The lowest BCUT2D eigenvalue weighted by atomic mass is 10.2. The predicted octanol–water partition coefficient (Wildman–Crippen LogP) is 2.41. The summed E-state index contributed by atoms with van der Waals surface area (Å²) in [5.74, 6) is 0.642. The Hall–Kier alpha value is -1.49. The Balaban J connectivity index is 2.56. The molecule has 5 heteroatoms. The molecule has 0 spiro atoms. The zero-order valence-corrected chi connectivity index (χ0v) is 8.68. The molecule has 2 rings (SSSR count). The number of rotatable bonds is 1. The molecule has 2 heterocycles. The summed E-state index contributed by atoms with van der Waals surface area (Å²) in [6.45, 7) is 3.87. The van der Waals surface area contributed by atoms with Crippen LogP contribution >= 0.6 is 12.2 Å². The van der Waals surface area contributed by atoms with Crippen molar-refractivity contribution >= 4 is 12.2 Å². The molecule has 0 atom stereocenters. The van der Waals surface area contributed by atoms with Crippen LogP contribution in [-0.4, -0.2) is 15.1 Å². The van der Waals surface area contributed by atoms with E-state index < -0.39 is 0 Å². The highest BCUT2D eigenvalue weighted by Crippen LogP contribution is 2.16. The van der Waals surface area contributed by atoms with E-state index in [4.69, 9.17) is 16.7 Å². The van der Waals surface area contributed by atoms with Crippen molar-refractivity contribution in [1.29, 1.82) is 0 Å². The Labute approximate surface area is 86.0 Å². The van der Waals surface area contributed by atoms with E-state index in [1.165, 1.54) is 0 Å². The average Bonchev–Trinajstić information content (AvgIpc) is 2.50. The largest absolute Gasteiger partial charge is 0.348 e. The first-order valence-electron chi connectivity index (χ1n) is 4.16. The standard InChI is InChI=1S/C9H9N3OS/c1-5-3-7(4-6(2)10-5)8-11-9(14)13-12-8/h3-4H,1-2H3,(H,11,12,14). The van der Waals surface area contributed by atoms with E-state index in [1.54, 1.807) is 0 Å². The Kier molecular flexibility index (Phi) is 2.17. The van der Waals surface area contributed by atoms with Crippen molar-refractivity contribution in [1.82, 2.24) is 15.1 Å². The third-order valence-corrected chi connectivity index (χ3v) is 1.97. The van der Waals surface area contributed by atoms with Gasteiger partial charge < -0.3 is 4.52 Å². The second-order valence-corrected chi connectivity index (χ2v) is 3.42. The maximum atomic E-state index is 4.86. The van der Waals surface area contributed by atoms with Gasteiger partial charge in [-0.3, -0.25) is 4.98 Å². The molecule has 0 saturated heterocycles. The summed E-state index contributed by atoms with van der Waals surface area (Å²) in [5.41, 5.74) is 2.83. The van der Waals surface area contributed by atoms with Gasteiger partial charge >= 0.3 is 4.84 Å². The molecule has 72 valence electrons. The quantitative estimate of drug-likeness (QED) is 0.729. The summed E-state index contributed by atoms with van der Waals surface area (Å²) in [6.07, 6.45) is 0. The van der Waals surface area contributed by atoms with E-state index in [9.17, 15) is 0 Å². The van der Waals surface area contributed by atoms with Gasteiger partial charge in [0.05, 0.1) is 0 Å². The zero-order chi connectivity index (χ0) is 10.1. The van der Waals surface area contributed by atoms with Gasteiger partial charge in [-0.25, -0.2) is 5.16 Å². The highest BCUT2D eigenvalue weighted by molar-refractivity contribution is 7.71. The molecule has 4 nitrogen and oxygen atoms in total. The van der Waals surface area contributed by atoms with Gasteiger partial charge in [0.1, 0.15) is 0 Å². The van der Waals surface area contributed by atoms with E-state index in [2.05, 4.69) is 15.1 Å². The van der Waals surface area contributed by atoms with Gasteiger partial charge in [0.15, 0.2) is 5.82 Å². The molecule has 0 aliphatic rings. The summed E-state index contributed by atoms with van der Waals surface area (Å²) < 4.78 is 4.86. The Bertz CT molecular complexity index is 495. The summed E-state index contributed by atoms with van der Waals surface area (Å²) >= 11 is 4.77. The molecule has 0 radical (unpaired) electrons. The topological polar surface area (TPSA) is 54.7 Å². The number of nitrogens with zero attached hydrogens (tertiary/aromatic N) is 2. The number of aromatic amines is 1. The van der Waals surface area contributed by atoms with Crippen LogP contribution in [0.25, 0.3) is 11.4 Å². The molecule has 0 saturated carbocycles. The van der Waals surface area contributed by atoms with Crippen molar-refractivity contribution in [3.8, 4) is 11.4 Å². The number of nitrogens with one attached hydrogen (secondary N) is 1. The van der Waals surface area contributed by atoms with Gasteiger partial charge in [0.25, 0.3) is 0 Å². The minimum Gasteiger partial charge on any atom is -0.348 e. The van der Waals surface area contributed by atoms with Crippen molar-refractivity contribution in [2.24, 2.45) is 0 Å². The fourth-order valence-corrected chi connectivity index (χ4v) is 1.46. The fourth-order valence-electron chi connectivity index (χ4n) is 1.32. The molecule has 0 fully saturated rings. The minimum absolute atomic E-state index is 0.215. The van der Waals surface area contributed by atoms with Gasteiger partial charge in [-0.1, -0.05) is 0 Å². The number of pyridine rings is 1. The molecule has 0 amide bonds. The van der Waals surface area contributed by atoms with E-state index >= 15 is 0 Å². The summed E-state index contributed by atoms with van der Waals surface area (Å²) in [6, 6.07) is 3.85. The Morgan fingerprint density at radius 1 is 1.21 bits per heavy atom. The van der Waals surface area contributed by atoms with Gasteiger partial charge in [-0.05, 0) is 38.2 Å². The lowest BCUT2D eigenvalue weighted by Gasteiger charge is -1.99. The van der Waals surface area contributed by atoms with Crippen molar-refractivity contribution in [2.45, 2.75) is 13.8 Å². The number of aromatic nitrogens is 3. The Morgan fingerprint density at radius 3 is 2.36 bits per heavy atom. The first-order valence-corrected chi connectivity index (χ1v) is 4.57. The van der Waals surface area contributed by atoms with Crippen LogP contribution in [0.1, 0.15) is 11.4 Å². The summed E-state index contributed by atoms with van der Waals surface area (Å²) in [5, 5.41) is 2.66. The number of aryl methyl sites for hydroxylation is 2. The fraction of sp³-hybridized carbons (Fsp3) is 0.222. The normalized spacial score (nSPS) is 10.4. The molecule has 14 heavy (non-hydrogen) atoms. The summed E-state index contributed by atoms with van der Waals surface area (Å²) in [7, 11) is 0. The molecular weight excluding hydrogens is 198 g/mol. The number of hydrogen-bond donors (Lipinski definition) is 1. The molecule has 0 aliphatic carbocycles. The van der Waals surface area contributed by atoms with E-state index in [0.717, 1.165) is 17.0 Å². The first kappa shape index (κ1) is 9.08. The van der Waals surface area contributed by atoms with Crippen molar-refractivity contribution < 1.29 is 4.52 Å². The van der Waals surface area contributed by atoms with Crippen LogP contribution in [0.2, 0.25) is 0 Å². The van der Waals surface area contributed by atoms with Crippen LogP contribution in [0.15, 0.2) is 16.7 Å². The van der Waals surface area contributed by atoms with Crippen molar-refractivity contribution in [3.05, 3.63) is 28.4 Å². The van der Waals surface area contributed by atoms with Gasteiger partial charge in [0.2, 0.25) is 0 Å². The van der Waals surface area contributed by atoms with Gasteiger partial charge in [-0.2, -0.15) is 4.98 Å². The maximum Gasteiger partial charge on any atom is 0.314 e. The third-order valence-electron chi connectivity index (χ3n) is 1.79. The smallest absolute Gasteiger partial charge is 0.314 e. The van der Waals surface area contributed by atoms with Crippen LogP contribution in [0.3, 0.4) is 0 Å². The first-order chi connectivity index (χ1) is 6.65. The van der Waals surface area contributed by atoms with E-state index in [0.29, 0.717) is 5.82 Å². The molecule has 0 aliphatic heterocycles. The predicted molar refractivity (Wildman–Crippen MR) is 54.4 cm³/mol. The van der Waals surface area contributed by atoms with Gasteiger partial charge in [0, 0.05) is 17.0 Å². The SMILES string of the molecule is Cc1cc(-c2nc(=S)o[nH]2)cc(C)n1. The molecule has 0 aromatic carbocycles. The lowest BCUT2D eigenvalue weighted by Crippen LogP contribution is -1.89. The minimum atomic E-state index is 0.215. The van der Waals surface area contributed by atoms with E-state index in [1.807, 2.05) is 26.0 Å². The van der Waals surface area contributed by atoms with Crippen LogP contribution in [0, 0.1) is 18.7 Å². The molecule has 2 aromatic heterocycles. The highest BCUT2D eigenvalue weighted by atomic mass is 32.1. The molecular formula is C9H9N3OS. The monoisotopic (exact) mass is 207 g/mol. The maximum absolute atomic E-state index is 4.86. The van der Waals surface area contributed by atoms with Crippen molar-refractivity contribution in [2.75, 3.05) is 0 Å². The van der Waals surface area contributed by atoms with Crippen LogP contribution in [0.5, 0.6) is 0 Å². The van der Waals surface area contributed by atoms with Crippen LogP contribution < -0.4 is 0 Å². The van der Waals surface area contributed by atoms with Crippen LogP contribution in [0.4, 0.5) is 0 Å². The molecule has 1 N–H and O–H groups in total. The van der Waals surface area contributed by atoms with Gasteiger partial charge in [-0.15, -0.1) is 0 Å². The second kappa shape index (κ2) is 3.34. The highest BCUT2D eigenvalue weighted by Gasteiger charge is 2.03. The zero-order valence-electron chi connectivity index (χ0n) is 7.87. The van der Waals surface area contributed by atoms with E-state index in [-0.39, 0.29) is 4.84 Å². The van der Waals surface area contributed by atoms with Crippen molar-refractivity contribution in [3.63, 3.8) is 0 Å². The molecule has 2 aromatic rings. The molecule has 0 unspecified atom stereocenters.